The molecule has 18 heavy (non-hydrogen) atoms. The molecule has 2 heterocycles. The molecular formula is C13H23N5. The van der Waals surface area contributed by atoms with Gasteiger partial charge in [-0.25, -0.2) is 9.97 Å². The first-order valence-electron chi connectivity index (χ1n) is 6.66. The standard InChI is InChI=1S/C13H23N5/c1-11(12(2)14)10-17-6-8-18(9-7-17)13-15-4-3-5-16-13/h3-5,11-12H,6-10,14H2,1-2H3. The van der Waals surface area contributed by atoms with E-state index in [0.717, 1.165) is 38.7 Å². The van der Waals surface area contributed by atoms with Crippen LogP contribution < -0.4 is 10.6 Å². The lowest BCUT2D eigenvalue weighted by molar-refractivity contribution is 0.213. The van der Waals surface area contributed by atoms with Crippen LogP contribution in [0.3, 0.4) is 0 Å². The second-order valence-corrected chi connectivity index (χ2v) is 5.17. The summed E-state index contributed by atoms with van der Waals surface area (Å²) in [7, 11) is 0. The number of hydrogen-bond acceptors (Lipinski definition) is 5. The van der Waals surface area contributed by atoms with Crippen LogP contribution in [-0.4, -0.2) is 53.6 Å². The fourth-order valence-corrected chi connectivity index (χ4v) is 2.16. The van der Waals surface area contributed by atoms with Crippen molar-refractivity contribution in [1.29, 1.82) is 0 Å². The van der Waals surface area contributed by atoms with Gasteiger partial charge in [0.2, 0.25) is 5.95 Å². The first-order chi connectivity index (χ1) is 8.66. The summed E-state index contributed by atoms with van der Waals surface area (Å²) in [4.78, 5) is 13.3. The largest absolute Gasteiger partial charge is 0.338 e. The topological polar surface area (TPSA) is 58.3 Å². The molecule has 1 saturated heterocycles. The number of aromatic nitrogens is 2. The van der Waals surface area contributed by atoms with Crippen LogP contribution in [0.15, 0.2) is 18.5 Å². The van der Waals surface area contributed by atoms with E-state index in [-0.39, 0.29) is 6.04 Å². The van der Waals surface area contributed by atoms with Crippen molar-refractivity contribution in [3.63, 3.8) is 0 Å². The highest BCUT2D eigenvalue weighted by Crippen LogP contribution is 2.11. The minimum Gasteiger partial charge on any atom is -0.338 e. The molecule has 0 aromatic carbocycles. The van der Waals surface area contributed by atoms with Crippen molar-refractivity contribution in [2.24, 2.45) is 11.7 Å². The maximum atomic E-state index is 5.91. The van der Waals surface area contributed by atoms with Gasteiger partial charge in [-0.1, -0.05) is 6.92 Å². The summed E-state index contributed by atoms with van der Waals surface area (Å²) in [5.74, 6) is 1.39. The molecule has 1 aromatic rings. The third-order valence-corrected chi connectivity index (χ3v) is 3.65. The molecule has 1 aromatic heterocycles. The van der Waals surface area contributed by atoms with Crippen molar-refractivity contribution >= 4 is 5.95 Å². The number of hydrogen-bond donors (Lipinski definition) is 1. The minimum absolute atomic E-state index is 0.264. The molecule has 100 valence electrons. The van der Waals surface area contributed by atoms with Crippen LogP contribution in [0.25, 0.3) is 0 Å². The van der Waals surface area contributed by atoms with Gasteiger partial charge >= 0.3 is 0 Å². The summed E-state index contributed by atoms with van der Waals surface area (Å²) in [5, 5.41) is 0. The highest BCUT2D eigenvalue weighted by molar-refractivity contribution is 5.29. The zero-order chi connectivity index (χ0) is 13.0. The van der Waals surface area contributed by atoms with Crippen molar-refractivity contribution in [3.05, 3.63) is 18.5 Å². The zero-order valence-corrected chi connectivity index (χ0v) is 11.3. The van der Waals surface area contributed by atoms with Crippen molar-refractivity contribution in [2.45, 2.75) is 19.9 Å². The molecule has 2 unspecified atom stereocenters. The molecule has 5 heteroatoms. The monoisotopic (exact) mass is 249 g/mol. The van der Waals surface area contributed by atoms with E-state index in [1.165, 1.54) is 0 Å². The lowest BCUT2D eigenvalue weighted by atomic mass is 10.0. The maximum absolute atomic E-state index is 5.91. The molecule has 2 atom stereocenters. The molecule has 0 bridgehead atoms. The Morgan fingerprint density at radius 2 is 1.78 bits per heavy atom. The van der Waals surface area contributed by atoms with Gasteiger partial charge in [-0.3, -0.25) is 4.90 Å². The van der Waals surface area contributed by atoms with E-state index < -0.39 is 0 Å². The maximum Gasteiger partial charge on any atom is 0.225 e. The van der Waals surface area contributed by atoms with Gasteiger partial charge in [-0.2, -0.15) is 0 Å². The quantitative estimate of drug-likeness (QED) is 0.846. The van der Waals surface area contributed by atoms with Gasteiger partial charge in [0.1, 0.15) is 0 Å². The highest BCUT2D eigenvalue weighted by Gasteiger charge is 2.20. The number of anilines is 1. The fraction of sp³-hybridized carbons (Fsp3) is 0.692. The molecule has 1 aliphatic rings. The predicted molar refractivity (Wildman–Crippen MR) is 73.5 cm³/mol. The average molecular weight is 249 g/mol. The van der Waals surface area contributed by atoms with Gasteiger partial charge in [-0.15, -0.1) is 0 Å². The summed E-state index contributed by atoms with van der Waals surface area (Å²) in [6.45, 7) is 9.51. The lowest BCUT2D eigenvalue weighted by Crippen LogP contribution is -2.49. The van der Waals surface area contributed by atoms with Gasteiger partial charge in [0, 0.05) is 51.2 Å². The Balaban J connectivity index is 1.81. The van der Waals surface area contributed by atoms with Gasteiger partial charge in [0.15, 0.2) is 0 Å². The second kappa shape index (κ2) is 6.11. The molecule has 0 spiro atoms. The fourth-order valence-electron chi connectivity index (χ4n) is 2.16. The Bertz CT molecular complexity index is 346. The van der Waals surface area contributed by atoms with Crippen molar-refractivity contribution in [2.75, 3.05) is 37.6 Å². The van der Waals surface area contributed by atoms with Crippen molar-refractivity contribution in [1.82, 2.24) is 14.9 Å². The molecule has 0 saturated carbocycles. The van der Waals surface area contributed by atoms with E-state index in [0.29, 0.717) is 5.92 Å². The summed E-state index contributed by atoms with van der Waals surface area (Å²) >= 11 is 0. The summed E-state index contributed by atoms with van der Waals surface area (Å²) in [5.41, 5.74) is 5.91. The molecule has 1 fully saturated rings. The van der Waals surface area contributed by atoms with E-state index in [9.17, 15) is 0 Å². The van der Waals surface area contributed by atoms with Gasteiger partial charge < -0.3 is 10.6 Å². The Morgan fingerprint density at radius 3 is 2.33 bits per heavy atom. The Labute approximate surface area is 109 Å². The molecule has 0 amide bonds. The number of nitrogens with zero attached hydrogens (tertiary/aromatic N) is 4. The Morgan fingerprint density at radius 1 is 1.17 bits per heavy atom. The van der Waals surface area contributed by atoms with Crippen LogP contribution in [0.4, 0.5) is 5.95 Å². The van der Waals surface area contributed by atoms with Gasteiger partial charge in [0.25, 0.3) is 0 Å². The third-order valence-electron chi connectivity index (χ3n) is 3.65. The van der Waals surface area contributed by atoms with Gasteiger partial charge in [0.05, 0.1) is 0 Å². The third kappa shape index (κ3) is 3.40. The molecular weight excluding hydrogens is 226 g/mol. The lowest BCUT2D eigenvalue weighted by Gasteiger charge is -2.36. The SMILES string of the molecule is CC(N)C(C)CN1CCN(c2ncccn2)CC1. The average Bonchev–Trinajstić information content (AvgIpc) is 2.40. The Kier molecular flexibility index (Phi) is 4.49. The first kappa shape index (κ1) is 13.2. The summed E-state index contributed by atoms with van der Waals surface area (Å²) in [6, 6.07) is 2.12. The molecule has 1 aliphatic heterocycles. The van der Waals surface area contributed by atoms with Gasteiger partial charge in [-0.05, 0) is 18.9 Å². The number of nitrogens with two attached hydrogens (primary N) is 1. The van der Waals surface area contributed by atoms with Crippen molar-refractivity contribution < 1.29 is 0 Å². The second-order valence-electron chi connectivity index (χ2n) is 5.17. The normalized spacial score (nSPS) is 20.7. The van der Waals surface area contributed by atoms with Crippen molar-refractivity contribution in [3.8, 4) is 0 Å². The van der Waals surface area contributed by atoms with E-state index in [4.69, 9.17) is 5.73 Å². The Hall–Kier alpha value is -1.20. The number of piperazine rings is 1. The van der Waals surface area contributed by atoms with Crippen LogP contribution in [0.2, 0.25) is 0 Å². The first-order valence-corrected chi connectivity index (χ1v) is 6.66. The van der Waals surface area contributed by atoms with E-state index in [1.807, 2.05) is 6.07 Å². The summed E-state index contributed by atoms with van der Waals surface area (Å²) < 4.78 is 0. The summed E-state index contributed by atoms with van der Waals surface area (Å²) in [6.07, 6.45) is 3.60. The smallest absolute Gasteiger partial charge is 0.225 e. The molecule has 0 radical (unpaired) electrons. The highest BCUT2D eigenvalue weighted by atomic mass is 15.3. The number of rotatable bonds is 4. The van der Waals surface area contributed by atoms with E-state index >= 15 is 0 Å². The minimum atomic E-state index is 0.264. The van der Waals surface area contributed by atoms with Crippen LogP contribution in [0, 0.1) is 5.92 Å². The predicted octanol–water partition coefficient (Wildman–Crippen LogP) is 0.582. The van der Waals surface area contributed by atoms with Crippen LogP contribution in [0.1, 0.15) is 13.8 Å². The van der Waals surface area contributed by atoms with Crippen LogP contribution in [-0.2, 0) is 0 Å². The van der Waals surface area contributed by atoms with E-state index in [2.05, 4.69) is 33.6 Å². The van der Waals surface area contributed by atoms with Crippen LogP contribution in [0.5, 0.6) is 0 Å². The molecule has 2 rings (SSSR count). The van der Waals surface area contributed by atoms with Crippen LogP contribution >= 0.6 is 0 Å². The molecule has 2 N–H and O–H groups in total. The molecule has 5 nitrogen and oxygen atoms in total. The molecule has 0 aliphatic carbocycles. The van der Waals surface area contributed by atoms with E-state index in [1.54, 1.807) is 12.4 Å². The zero-order valence-electron chi connectivity index (χ0n) is 11.3.